The van der Waals surface area contributed by atoms with Gasteiger partial charge in [-0.15, -0.1) is 0 Å². The van der Waals surface area contributed by atoms with E-state index in [1.165, 1.54) is 0 Å². The lowest BCUT2D eigenvalue weighted by Crippen LogP contribution is -1.96. The molecule has 24 heavy (non-hydrogen) atoms. The highest BCUT2D eigenvalue weighted by Crippen LogP contribution is 2.26. The molecule has 0 radical (unpaired) electrons. The molecule has 0 aliphatic carbocycles. The molecule has 5 heteroatoms. The lowest BCUT2D eigenvalue weighted by atomic mass is 10.1. The van der Waals surface area contributed by atoms with E-state index < -0.39 is 0 Å². The zero-order valence-corrected chi connectivity index (χ0v) is 14.2. The van der Waals surface area contributed by atoms with E-state index in [0.717, 1.165) is 45.7 Å². The van der Waals surface area contributed by atoms with Gasteiger partial charge in [0.25, 0.3) is 0 Å². The monoisotopic (exact) mass is 321 g/mol. The Morgan fingerprint density at radius 1 is 0.625 bits per heavy atom. The Hall–Kier alpha value is -2.95. The fourth-order valence-corrected chi connectivity index (χ4v) is 2.49. The minimum Gasteiger partial charge on any atom is -0.497 e. The van der Waals surface area contributed by atoms with Crippen molar-refractivity contribution in [1.29, 1.82) is 0 Å². The molecule has 3 rings (SSSR count). The van der Waals surface area contributed by atoms with Crippen molar-refractivity contribution in [2.75, 3.05) is 14.2 Å². The van der Waals surface area contributed by atoms with Crippen LogP contribution in [-0.4, -0.2) is 29.2 Å². The van der Waals surface area contributed by atoms with Crippen molar-refractivity contribution in [2.45, 2.75) is 13.8 Å². The standard InChI is InChI=1S/C19H19N3O2/c1-12-8-14(23-3)10-18(20-12)16-6-5-7-17(22-16)19-11-15(24-4)9-13(2)21-19/h5-11H,1-4H3. The molecule has 0 atom stereocenters. The zero-order chi connectivity index (χ0) is 17.1. The van der Waals surface area contributed by atoms with Gasteiger partial charge in [-0.1, -0.05) is 6.07 Å². The summed E-state index contributed by atoms with van der Waals surface area (Å²) in [5.41, 5.74) is 4.86. The Balaban J connectivity index is 2.07. The van der Waals surface area contributed by atoms with E-state index in [9.17, 15) is 0 Å². The van der Waals surface area contributed by atoms with Crippen LogP contribution in [0.1, 0.15) is 11.4 Å². The molecule has 0 bridgehead atoms. The van der Waals surface area contributed by atoms with Gasteiger partial charge in [0.1, 0.15) is 11.5 Å². The van der Waals surface area contributed by atoms with Gasteiger partial charge in [-0.2, -0.15) is 0 Å². The Morgan fingerprint density at radius 3 is 1.50 bits per heavy atom. The fourth-order valence-electron chi connectivity index (χ4n) is 2.49. The number of hydrogen-bond acceptors (Lipinski definition) is 5. The van der Waals surface area contributed by atoms with Crippen LogP contribution in [0.15, 0.2) is 42.5 Å². The van der Waals surface area contributed by atoms with E-state index in [-0.39, 0.29) is 0 Å². The minimum atomic E-state index is 0.764. The number of rotatable bonds is 4. The maximum absolute atomic E-state index is 5.32. The Kier molecular flexibility index (Phi) is 4.42. The molecule has 0 aliphatic heterocycles. The van der Waals surface area contributed by atoms with E-state index in [0.29, 0.717) is 0 Å². The zero-order valence-electron chi connectivity index (χ0n) is 14.2. The van der Waals surface area contributed by atoms with E-state index in [1.807, 2.05) is 56.3 Å². The topological polar surface area (TPSA) is 57.1 Å². The molecule has 3 aromatic rings. The van der Waals surface area contributed by atoms with Gasteiger partial charge < -0.3 is 9.47 Å². The van der Waals surface area contributed by atoms with E-state index in [4.69, 9.17) is 14.5 Å². The molecule has 0 aliphatic rings. The summed E-state index contributed by atoms with van der Waals surface area (Å²) in [4.78, 5) is 13.8. The lowest BCUT2D eigenvalue weighted by molar-refractivity contribution is 0.414. The number of pyridine rings is 3. The number of nitrogens with zero attached hydrogens (tertiary/aromatic N) is 3. The van der Waals surface area contributed by atoms with Crippen molar-refractivity contribution in [1.82, 2.24) is 15.0 Å². The highest BCUT2D eigenvalue weighted by Gasteiger charge is 2.09. The first-order valence-electron chi connectivity index (χ1n) is 7.62. The number of methoxy groups -OCH3 is 2. The van der Waals surface area contributed by atoms with Crippen molar-refractivity contribution in [3.8, 4) is 34.3 Å². The van der Waals surface area contributed by atoms with Gasteiger partial charge >= 0.3 is 0 Å². The Labute approximate surface area is 141 Å². The van der Waals surface area contributed by atoms with Crippen LogP contribution in [0.5, 0.6) is 11.5 Å². The molecular weight excluding hydrogens is 302 g/mol. The molecule has 122 valence electrons. The van der Waals surface area contributed by atoms with E-state index in [2.05, 4.69) is 9.97 Å². The molecule has 5 nitrogen and oxygen atoms in total. The van der Waals surface area contributed by atoms with Gasteiger partial charge in [-0.3, -0.25) is 9.97 Å². The van der Waals surface area contributed by atoms with Crippen molar-refractivity contribution in [2.24, 2.45) is 0 Å². The molecular formula is C19H19N3O2. The van der Waals surface area contributed by atoms with Crippen LogP contribution in [0.2, 0.25) is 0 Å². The first kappa shape index (κ1) is 15.9. The van der Waals surface area contributed by atoms with Crippen LogP contribution in [0.25, 0.3) is 22.8 Å². The summed E-state index contributed by atoms with van der Waals surface area (Å²) in [5, 5.41) is 0. The highest BCUT2D eigenvalue weighted by atomic mass is 16.5. The molecule has 0 unspecified atom stereocenters. The minimum absolute atomic E-state index is 0.764. The van der Waals surface area contributed by atoms with Crippen LogP contribution in [0, 0.1) is 13.8 Å². The first-order valence-corrected chi connectivity index (χ1v) is 7.62. The summed E-state index contributed by atoms with van der Waals surface area (Å²) in [6.45, 7) is 3.87. The first-order chi connectivity index (χ1) is 11.6. The molecule has 0 saturated heterocycles. The van der Waals surface area contributed by atoms with Crippen molar-refractivity contribution >= 4 is 0 Å². The normalized spacial score (nSPS) is 10.5. The fraction of sp³-hybridized carbons (Fsp3) is 0.211. The summed E-state index contributed by atoms with van der Waals surface area (Å²) in [5.74, 6) is 1.53. The van der Waals surface area contributed by atoms with Gasteiger partial charge in [0.15, 0.2) is 0 Å². The quantitative estimate of drug-likeness (QED) is 0.731. The molecule has 0 spiro atoms. The Bertz CT molecular complexity index is 809. The maximum Gasteiger partial charge on any atom is 0.122 e. The van der Waals surface area contributed by atoms with Crippen molar-refractivity contribution in [3.63, 3.8) is 0 Å². The maximum atomic E-state index is 5.32. The number of aromatic nitrogens is 3. The van der Waals surface area contributed by atoms with Crippen LogP contribution < -0.4 is 9.47 Å². The molecule has 0 aromatic carbocycles. The molecule has 0 N–H and O–H groups in total. The van der Waals surface area contributed by atoms with Crippen LogP contribution >= 0.6 is 0 Å². The van der Waals surface area contributed by atoms with Gasteiger partial charge in [-0.25, -0.2) is 4.98 Å². The van der Waals surface area contributed by atoms with Gasteiger partial charge in [0.05, 0.1) is 37.0 Å². The van der Waals surface area contributed by atoms with Gasteiger partial charge in [-0.05, 0) is 26.0 Å². The van der Waals surface area contributed by atoms with E-state index >= 15 is 0 Å². The molecule has 0 saturated carbocycles. The third-order valence-electron chi connectivity index (χ3n) is 3.60. The molecule has 3 aromatic heterocycles. The number of aryl methyl sites for hydroxylation is 2. The predicted molar refractivity (Wildman–Crippen MR) is 93.3 cm³/mol. The average molecular weight is 321 g/mol. The number of ether oxygens (including phenoxy) is 2. The summed E-state index contributed by atoms with van der Waals surface area (Å²) < 4.78 is 10.6. The van der Waals surface area contributed by atoms with Gasteiger partial charge in [0, 0.05) is 35.7 Å². The molecule has 0 fully saturated rings. The summed E-state index contributed by atoms with van der Waals surface area (Å²) in [7, 11) is 3.29. The summed E-state index contributed by atoms with van der Waals surface area (Å²) in [6.07, 6.45) is 0. The predicted octanol–water partition coefficient (Wildman–Crippen LogP) is 3.84. The SMILES string of the molecule is COc1cc(C)nc(-c2cccc(-c3cc(OC)cc(C)n3)n2)c1. The third kappa shape index (κ3) is 3.35. The third-order valence-corrected chi connectivity index (χ3v) is 3.60. The Morgan fingerprint density at radius 2 is 1.08 bits per heavy atom. The largest absolute Gasteiger partial charge is 0.497 e. The molecule has 0 amide bonds. The van der Waals surface area contributed by atoms with Gasteiger partial charge in [0.2, 0.25) is 0 Å². The second-order valence-corrected chi connectivity index (χ2v) is 5.48. The second kappa shape index (κ2) is 6.66. The van der Waals surface area contributed by atoms with E-state index in [1.54, 1.807) is 14.2 Å². The van der Waals surface area contributed by atoms with Crippen LogP contribution in [-0.2, 0) is 0 Å². The lowest BCUT2D eigenvalue weighted by Gasteiger charge is -2.08. The van der Waals surface area contributed by atoms with Crippen molar-refractivity contribution < 1.29 is 9.47 Å². The summed E-state index contributed by atoms with van der Waals surface area (Å²) >= 11 is 0. The second-order valence-electron chi connectivity index (χ2n) is 5.48. The molecule has 3 heterocycles. The summed E-state index contributed by atoms with van der Waals surface area (Å²) in [6, 6.07) is 13.3. The average Bonchev–Trinajstić information content (AvgIpc) is 2.60. The smallest absolute Gasteiger partial charge is 0.122 e. The highest BCUT2D eigenvalue weighted by molar-refractivity contribution is 5.63. The van der Waals surface area contributed by atoms with Crippen LogP contribution in [0.3, 0.4) is 0 Å². The van der Waals surface area contributed by atoms with Crippen LogP contribution in [0.4, 0.5) is 0 Å². The number of hydrogen-bond donors (Lipinski definition) is 0. The van der Waals surface area contributed by atoms with Crippen molar-refractivity contribution in [3.05, 3.63) is 53.9 Å².